The molecule has 2 N–H and O–H groups in total. The summed E-state index contributed by atoms with van der Waals surface area (Å²) in [5, 5.41) is 7.31. The molecule has 2 aromatic carbocycles. The molecule has 5 heteroatoms. The molecule has 24 heavy (non-hydrogen) atoms. The predicted octanol–water partition coefficient (Wildman–Crippen LogP) is 3.63. The second kappa shape index (κ2) is 10.2. The number of nitrogens with one attached hydrogen (secondary N) is 2. The van der Waals surface area contributed by atoms with Crippen LogP contribution in [0.4, 0.5) is 0 Å². The molecule has 0 aromatic heterocycles. The van der Waals surface area contributed by atoms with Crippen LogP contribution in [0.1, 0.15) is 17.5 Å². The van der Waals surface area contributed by atoms with E-state index in [0.29, 0.717) is 6.61 Å². The Morgan fingerprint density at radius 3 is 2.54 bits per heavy atom. The van der Waals surface area contributed by atoms with Gasteiger partial charge in [-0.15, -0.1) is 0 Å². The number of benzene rings is 2. The van der Waals surface area contributed by atoms with Gasteiger partial charge in [0.2, 0.25) is 0 Å². The minimum Gasteiger partial charge on any atom is -0.493 e. The van der Waals surface area contributed by atoms with Crippen LogP contribution in [-0.2, 0) is 13.2 Å². The van der Waals surface area contributed by atoms with E-state index in [1.807, 2.05) is 43.4 Å². The van der Waals surface area contributed by atoms with Crippen molar-refractivity contribution in [2.24, 2.45) is 0 Å². The van der Waals surface area contributed by atoms with Gasteiger partial charge in [-0.25, -0.2) is 0 Å². The molecule has 130 valence electrons. The van der Waals surface area contributed by atoms with E-state index in [-0.39, 0.29) is 0 Å². The lowest BCUT2D eigenvalue weighted by Crippen LogP contribution is -2.19. The van der Waals surface area contributed by atoms with Crippen molar-refractivity contribution < 1.29 is 9.47 Å². The molecule has 0 aliphatic rings. The standard InChI is InChI=1S/C19H25ClN2O2/c1-21-11-4-12-22-13-16-5-3-6-18(23-2)19(16)24-14-15-7-9-17(20)10-8-15/h3,5-10,21-22H,4,11-14H2,1-2H3. The zero-order valence-electron chi connectivity index (χ0n) is 14.3. The first-order valence-corrected chi connectivity index (χ1v) is 8.51. The highest BCUT2D eigenvalue weighted by molar-refractivity contribution is 6.30. The van der Waals surface area contributed by atoms with Gasteiger partial charge in [-0.2, -0.15) is 0 Å². The number of ether oxygens (including phenoxy) is 2. The van der Waals surface area contributed by atoms with Gasteiger partial charge in [-0.05, 0) is 50.3 Å². The van der Waals surface area contributed by atoms with Crippen LogP contribution in [-0.4, -0.2) is 27.2 Å². The molecule has 0 bridgehead atoms. The van der Waals surface area contributed by atoms with E-state index in [4.69, 9.17) is 21.1 Å². The van der Waals surface area contributed by atoms with Crippen LogP contribution in [0, 0.1) is 0 Å². The molecule has 0 radical (unpaired) electrons. The summed E-state index contributed by atoms with van der Waals surface area (Å²) in [5.74, 6) is 1.54. The van der Waals surface area contributed by atoms with Crippen molar-refractivity contribution in [2.75, 3.05) is 27.2 Å². The SMILES string of the molecule is CNCCCNCc1cccc(OC)c1OCc1ccc(Cl)cc1. The lowest BCUT2D eigenvalue weighted by atomic mass is 10.1. The summed E-state index contributed by atoms with van der Waals surface area (Å²) in [6.07, 6.45) is 1.08. The molecule has 0 heterocycles. The smallest absolute Gasteiger partial charge is 0.166 e. The highest BCUT2D eigenvalue weighted by Crippen LogP contribution is 2.31. The third-order valence-corrected chi connectivity index (χ3v) is 3.92. The molecule has 0 spiro atoms. The summed E-state index contributed by atoms with van der Waals surface area (Å²) in [5.41, 5.74) is 2.16. The van der Waals surface area contributed by atoms with Crippen molar-refractivity contribution in [3.05, 3.63) is 58.6 Å². The molecule has 4 nitrogen and oxygen atoms in total. The minimum atomic E-state index is 0.476. The molecular formula is C19H25ClN2O2. The van der Waals surface area contributed by atoms with Crippen LogP contribution in [0.5, 0.6) is 11.5 Å². The average molecular weight is 349 g/mol. The Hall–Kier alpha value is -1.75. The van der Waals surface area contributed by atoms with Crippen molar-refractivity contribution in [3.63, 3.8) is 0 Å². The largest absolute Gasteiger partial charge is 0.493 e. The van der Waals surface area contributed by atoms with Crippen LogP contribution in [0.25, 0.3) is 0 Å². The maximum atomic E-state index is 6.04. The molecule has 0 atom stereocenters. The van der Waals surface area contributed by atoms with Crippen molar-refractivity contribution in [3.8, 4) is 11.5 Å². The molecule has 0 saturated heterocycles. The van der Waals surface area contributed by atoms with Crippen LogP contribution in [0.15, 0.2) is 42.5 Å². The Morgan fingerprint density at radius 2 is 1.83 bits per heavy atom. The fourth-order valence-electron chi connectivity index (χ4n) is 2.37. The molecule has 0 aliphatic carbocycles. The molecular weight excluding hydrogens is 324 g/mol. The van der Waals surface area contributed by atoms with Gasteiger partial charge in [-0.1, -0.05) is 35.9 Å². The average Bonchev–Trinajstić information content (AvgIpc) is 2.61. The van der Waals surface area contributed by atoms with Gasteiger partial charge in [0, 0.05) is 17.1 Å². The third-order valence-electron chi connectivity index (χ3n) is 3.67. The van der Waals surface area contributed by atoms with E-state index in [1.165, 1.54) is 0 Å². The van der Waals surface area contributed by atoms with E-state index in [2.05, 4.69) is 16.7 Å². The van der Waals surface area contributed by atoms with Crippen molar-refractivity contribution in [2.45, 2.75) is 19.6 Å². The minimum absolute atomic E-state index is 0.476. The highest BCUT2D eigenvalue weighted by Gasteiger charge is 2.10. The number of para-hydroxylation sites is 1. The Kier molecular flexibility index (Phi) is 7.89. The zero-order valence-corrected chi connectivity index (χ0v) is 15.0. The molecule has 0 amide bonds. The van der Waals surface area contributed by atoms with E-state index in [1.54, 1.807) is 7.11 Å². The Morgan fingerprint density at radius 1 is 1.04 bits per heavy atom. The van der Waals surface area contributed by atoms with Gasteiger partial charge >= 0.3 is 0 Å². The van der Waals surface area contributed by atoms with Crippen molar-refractivity contribution >= 4 is 11.6 Å². The summed E-state index contributed by atoms with van der Waals surface area (Å²) >= 11 is 5.92. The summed E-state index contributed by atoms with van der Waals surface area (Å²) in [7, 11) is 3.62. The van der Waals surface area contributed by atoms with E-state index in [9.17, 15) is 0 Å². The molecule has 0 aliphatic heterocycles. The van der Waals surface area contributed by atoms with Crippen LogP contribution >= 0.6 is 11.6 Å². The number of hydrogen-bond acceptors (Lipinski definition) is 4. The first-order chi connectivity index (χ1) is 11.7. The van der Waals surface area contributed by atoms with E-state index < -0.39 is 0 Å². The van der Waals surface area contributed by atoms with Gasteiger partial charge in [-0.3, -0.25) is 0 Å². The van der Waals surface area contributed by atoms with E-state index in [0.717, 1.165) is 53.7 Å². The second-order valence-electron chi connectivity index (χ2n) is 5.50. The second-order valence-corrected chi connectivity index (χ2v) is 5.93. The van der Waals surface area contributed by atoms with Gasteiger partial charge in [0.05, 0.1) is 7.11 Å². The number of hydrogen-bond donors (Lipinski definition) is 2. The van der Waals surface area contributed by atoms with Gasteiger partial charge < -0.3 is 20.1 Å². The summed E-state index contributed by atoms with van der Waals surface area (Å²) in [6.45, 7) is 3.18. The molecule has 2 rings (SSSR count). The van der Waals surface area contributed by atoms with Gasteiger partial charge in [0.15, 0.2) is 11.5 Å². The molecule has 0 saturated carbocycles. The summed E-state index contributed by atoms with van der Waals surface area (Å²) in [4.78, 5) is 0. The first-order valence-electron chi connectivity index (χ1n) is 8.13. The number of rotatable bonds is 10. The fourth-order valence-corrected chi connectivity index (χ4v) is 2.50. The molecule has 2 aromatic rings. The molecule has 0 unspecified atom stereocenters. The predicted molar refractivity (Wildman–Crippen MR) is 99.0 cm³/mol. The summed E-state index contributed by atoms with van der Waals surface area (Å²) < 4.78 is 11.5. The van der Waals surface area contributed by atoms with Crippen LogP contribution < -0.4 is 20.1 Å². The Balaban J connectivity index is 2.01. The quantitative estimate of drug-likeness (QED) is 0.643. The van der Waals surface area contributed by atoms with Crippen molar-refractivity contribution in [1.29, 1.82) is 0 Å². The summed E-state index contributed by atoms with van der Waals surface area (Å²) in [6, 6.07) is 13.6. The number of halogens is 1. The molecule has 0 fully saturated rings. The third kappa shape index (κ3) is 5.71. The normalized spacial score (nSPS) is 10.6. The fraction of sp³-hybridized carbons (Fsp3) is 0.368. The van der Waals surface area contributed by atoms with Crippen LogP contribution in [0.2, 0.25) is 5.02 Å². The Labute approximate surface area is 149 Å². The monoisotopic (exact) mass is 348 g/mol. The number of methoxy groups -OCH3 is 1. The lowest BCUT2D eigenvalue weighted by Gasteiger charge is -2.16. The first kappa shape index (κ1) is 18.6. The zero-order chi connectivity index (χ0) is 17.2. The maximum Gasteiger partial charge on any atom is 0.166 e. The van der Waals surface area contributed by atoms with Gasteiger partial charge in [0.25, 0.3) is 0 Å². The highest BCUT2D eigenvalue weighted by atomic mass is 35.5. The lowest BCUT2D eigenvalue weighted by molar-refractivity contribution is 0.280. The topological polar surface area (TPSA) is 42.5 Å². The van der Waals surface area contributed by atoms with E-state index >= 15 is 0 Å². The van der Waals surface area contributed by atoms with Crippen LogP contribution in [0.3, 0.4) is 0 Å². The van der Waals surface area contributed by atoms with Crippen molar-refractivity contribution in [1.82, 2.24) is 10.6 Å². The Bertz CT molecular complexity index is 617. The maximum absolute atomic E-state index is 6.04. The van der Waals surface area contributed by atoms with Gasteiger partial charge in [0.1, 0.15) is 6.61 Å².